The number of carbonyl (C=O) groups excluding carboxylic acids is 1. The fourth-order valence-corrected chi connectivity index (χ4v) is 4.84. The van der Waals surface area contributed by atoms with Crippen LogP contribution in [0.15, 0.2) is 57.7 Å². The SMILES string of the molecule is O=C(c1cc(-c2ccco2)on1)N1CCc2ccccc2C1C1CCCCC1. The van der Waals surface area contributed by atoms with E-state index in [-0.39, 0.29) is 11.9 Å². The van der Waals surface area contributed by atoms with Crippen molar-refractivity contribution in [1.82, 2.24) is 10.1 Å². The van der Waals surface area contributed by atoms with Crippen LogP contribution in [0, 0.1) is 5.92 Å². The van der Waals surface area contributed by atoms with Crippen molar-refractivity contribution in [2.45, 2.75) is 44.6 Å². The number of nitrogens with zero attached hydrogens (tertiary/aromatic N) is 2. The molecule has 3 heterocycles. The number of amides is 1. The number of carbonyl (C=O) groups is 1. The topological polar surface area (TPSA) is 59.5 Å². The zero-order valence-electron chi connectivity index (χ0n) is 15.8. The van der Waals surface area contributed by atoms with Crippen LogP contribution in [0.25, 0.3) is 11.5 Å². The van der Waals surface area contributed by atoms with Gasteiger partial charge in [0.2, 0.25) is 5.76 Å². The number of benzene rings is 1. The Kier molecular flexibility index (Phi) is 4.51. The maximum atomic E-state index is 13.4. The molecule has 0 radical (unpaired) electrons. The standard InChI is InChI=1S/C23H24N2O3/c26-23(19-15-21(28-24-19)20-11-6-14-27-20)25-13-12-16-7-4-5-10-18(16)22(25)17-8-2-1-3-9-17/h4-7,10-11,14-15,17,22H,1-3,8-9,12-13H2. The Balaban J connectivity index is 1.48. The van der Waals surface area contributed by atoms with Gasteiger partial charge in [0, 0.05) is 12.6 Å². The Morgan fingerprint density at radius 2 is 1.89 bits per heavy atom. The van der Waals surface area contributed by atoms with Crippen LogP contribution in [-0.4, -0.2) is 22.5 Å². The van der Waals surface area contributed by atoms with E-state index in [0.29, 0.717) is 23.1 Å². The predicted octanol–water partition coefficient (Wildman–Crippen LogP) is 5.25. The van der Waals surface area contributed by atoms with Gasteiger partial charge in [-0.15, -0.1) is 0 Å². The molecule has 1 fully saturated rings. The Morgan fingerprint density at radius 3 is 2.71 bits per heavy atom. The van der Waals surface area contributed by atoms with Crippen molar-refractivity contribution in [2.24, 2.45) is 5.92 Å². The molecule has 5 nitrogen and oxygen atoms in total. The van der Waals surface area contributed by atoms with Gasteiger partial charge in [0.05, 0.1) is 12.3 Å². The molecule has 0 N–H and O–H groups in total. The number of fused-ring (bicyclic) bond motifs is 1. The number of aromatic nitrogens is 1. The highest BCUT2D eigenvalue weighted by atomic mass is 16.5. The third kappa shape index (κ3) is 3.05. The number of rotatable bonds is 3. The van der Waals surface area contributed by atoms with Crippen LogP contribution < -0.4 is 0 Å². The maximum Gasteiger partial charge on any atom is 0.276 e. The molecule has 0 spiro atoms. The Hall–Kier alpha value is -2.82. The zero-order chi connectivity index (χ0) is 18.9. The van der Waals surface area contributed by atoms with Crippen LogP contribution in [0.4, 0.5) is 0 Å². The number of furan rings is 1. The molecule has 1 unspecified atom stereocenters. The number of hydrogen-bond acceptors (Lipinski definition) is 4. The molecule has 28 heavy (non-hydrogen) atoms. The van der Waals surface area contributed by atoms with Crippen molar-refractivity contribution in [2.75, 3.05) is 6.54 Å². The molecule has 1 aliphatic heterocycles. The van der Waals surface area contributed by atoms with Crippen molar-refractivity contribution >= 4 is 5.91 Å². The van der Waals surface area contributed by atoms with Crippen molar-refractivity contribution in [3.8, 4) is 11.5 Å². The smallest absolute Gasteiger partial charge is 0.276 e. The van der Waals surface area contributed by atoms with E-state index in [1.165, 1.54) is 43.2 Å². The Labute approximate surface area is 164 Å². The summed E-state index contributed by atoms with van der Waals surface area (Å²) in [7, 11) is 0. The van der Waals surface area contributed by atoms with Gasteiger partial charge in [-0.2, -0.15) is 0 Å². The van der Waals surface area contributed by atoms with Crippen LogP contribution in [0.2, 0.25) is 0 Å². The van der Waals surface area contributed by atoms with Crippen molar-refractivity contribution in [3.63, 3.8) is 0 Å². The van der Waals surface area contributed by atoms with E-state index < -0.39 is 0 Å². The minimum atomic E-state index is -0.0494. The molecule has 2 aliphatic rings. The summed E-state index contributed by atoms with van der Waals surface area (Å²) in [6.07, 6.45) is 8.62. The van der Waals surface area contributed by atoms with E-state index in [0.717, 1.165) is 13.0 Å². The van der Waals surface area contributed by atoms with Crippen LogP contribution >= 0.6 is 0 Å². The molecule has 144 valence electrons. The average Bonchev–Trinajstić information content (AvgIpc) is 3.45. The first-order valence-electron chi connectivity index (χ1n) is 10.2. The van der Waals surface area contributed by atoms with Gasteiger partial charge in [-0.3, -0.25) is 4.79 Å². The fourth-order valence-electron chi connectivity index (χ4n) is 4.84. The molecule has 5 rings (SSSR count). The summed E-state index contributed by atoms with van der Waals surface area (Å²) in [6.45, 7) is 0.722. The highest BCUT2D eigenvalue weighted by Gasteiger charge is 2.37. The van der Waals surface area contributed by atoms with Gasteiger partial charge in [-0.05, 0) is 48.4 Å². The quantitative estimate of drug-likeness (QED) is 0.626. The van der Waals surface area contributed by atoms with E-state index >= 15 is 0 Å². The third-order valence-corrected chi connectivity index (χ3v) is 6.18. The highest BCUT2D eigenvalue weighted by Crippen LogP contribution is 2.42. The van der Waals surface area contributed by atoms with Crippen LogP contribution in [-0.2, 0) is 6.42 Å². The second-order valence-electron chi connectivity index (χ2n) is 7.84. The van der Waals surface area contributed by atoms with Gasteiger partial charge in [-0.25, -0.2) is 0 Å². The van der Waals surface area contributed by atoms with E-state index in [4.69, 9.17) is 8.94 Å². The molecule has 1 amide bonds. The normalized spacial score (nSPS) is 20.1. The van der Waals surface area contributed by atoms with Crippen LogP contribution in [0.1, 0.15) is 59.8 Å². The van der Waals surface area contributed by atoms with Gasteiger partial charge < -0.3 is 13.8 Å². The van der Waals surface area contributed by atoms with Crippen molar-refractivity contribution < 1.29 is 13.7 Å². The second-order valence-corrected chi connectivity index (χ2v) is 7.84. The van der Waals surface area contributed by atoms with Crippen molar-refractivity contribution in [1.29, 1.82) is 0 Å². The lowest BCUT2D eigenvalue weighted by molar-refractivity contribution is 0.0530. The first kappa shape index (κ1) is 17.3. The molecule has 0 saturated heterocycles. The third-order valence-electron chi connectivity index (χ3n) is 6.18. The van der Waals surface area contributed by atoms with E-state index in [2.05, 4.69) is 29.4 Å². The molecular weight excluding hydrogens is 352 g/mol. The summed E-state index contributed by atoms with van der Waals surface area (Å²) in [4.78, 5) is 15.4. The van der Waals surface area contributed by atoms with Crippen LogP contribution in [0.5, 0.6) is 0 Å². The van der Waals surface area contributed by atoms with E-state index in [1.54, 1.807) is 24.5 Å². The van der Waals surface area contributed by atoms with Gasteiger partial charge in [0.1, 0.15) is 0 Å². The summed E-state index contributed by atoms with van der Waals surface area (Å²) < 4.78 is 10.7. The van der Waals surface area contributed by atoms with Gasteiger partial charge in [0.25, 0.3) is 5.91 Å². The monoisotopic (exact) mass is 376 g/mol. The predicted molar refractivity (Wildman–Crippen MR) is 105 cm³/mol. The van der Waals surface area contributed by atoms with E-state index in [9.17, 15) is 4.79 Å². The molecule has 1 saturated carbocycles. The molecule has 5 heteroatoms. The van der Waals surface area contributed by atoms with Crippen molar-refractivity contribution in [3.05, 3.63) is 65.5 Å². The molecule has 3 aromatic rings. The average molecular weight is 376 g/mol. The zero-order valence-corrected chi connectivity index (χ0v) is 15.8. The Morgan fingerprint density at radius 1 is 1.04 bits per heavy atom. The van der Waals surface area contributed by atoms with Crippen LogP contribution in [0.3, 0.4) is 0 Å². The summed E-state index contributed by atoms with van der Waals surface area (Å²) in [5.74, 6) is 1.53. The fraction of sp³-hybridized carbons (Fsp3) is 0.391. The lowest BCUT2D eigenvalue weighted by Crippen LogP contribution is -2.43. The first-order valence-corrected chi connectivity index (χ1v) is 10.2. The maximum absolute atomic E-state index is 13.4. The highest BCUT2D eigenvalue weighted by molar-refractivity contribution is 5.93. The molecule has 1 aliphatic carbocycles. The minimum Gasteiger partial charge on any atom is -0.461 e. The first-order chi connectivity index (χ1) is 13.8. The van der Waals surface area contributed by atoms with E-state index in [1.807, 2.05) is 4.90 Å². The second kappa shape index (κ2) is 7.30. The lowest BCUT2D eigenvalue weighted by Gasteiger charge is -2.42. The van der Waals surface area contributed by atoms with Gasteiger partial charge >= 0.3 is 0 Å². The summed E-state index contributed by atoms with van der Waals surface area (Å²) >= 11 is 0. The molecule has 1 aromatic carbocycles. The molecule has 0 bridgehead atoms. The molecule has 2 aromatic heterocycles. The van der Waals surface area contributed by atoms with Gasteiger partial charge in [-0.1, -0.05) is 48.7 Å². The lowest BCUT2D eigenvalue weighted by atomic mass is 9.77. The summed E-state index contributed by atoms with van der Waals surface area (Å²) in [5, 5.41) is 4.06. The molecule has 1 atom stereocenters. The Bertz CT molecular complexity index is 954. The minimum absolute atomic E-state index is 0.0494. The summed E-state index contributed by atoms with van der Waals surface area (Å²) in [6, 6.07) is 14.0. The number of hydrogen-bond donors (Lipinski definition) is 0. The molecular formula is C23H24N2O3. The largest absolute Gasteiger partial charge is 0.461 e. The summed E-state index contributed by atoms with van der Waals surface area (Å²) in [5.41, 5.74) is 3.04. The van der Waals surface area contributed by atoms with Gasteiger partial charge in [0.15, 0.2) is 11.5 Å².